The molecule has 0 saturated carbocycles. The molecule has 0 aliphatic heterocycles. The number of fused-ring (bicyclic) bond motifs is 10. The maximum absolute atomic E-state index is 5.42. The maximum Gasteiger partial charge on any atom is 0.162 e. The number of thiophene rings is 1. The summed E-state index contributed by atoms with van der Waals surface area (Å²) >= 11 is 1.87. The first-order chi connectivity index (χ1) is 20.1. The van der Waals surface area contributed by atoms with Gasteiger partial charge in [0.05, 0.1) is 16.7 Å². The number of benzene rings is 5. The molecule has 0 amide bonds. The second-order valence-electron chi connectivity index (χ2n) is 11.4. The van der Waals surface area contributed by atoms with Crippen molar-refractivity contribution < 1.29 is 0 Å². The summed E-state index contributed by atoms with van der Waals surface area (Å²) < 4.78 is 5.03. The summed E-state index contributed by atoms with van der Waals surface area (Å²) in [6, 6.07) is 41.2. The van der Waals surface area contributed by atoms with Crippen molar-refractivity contribution in [3.63, 3.8) is 0 Å². The van der Waals surface area contributed by atoms with Crippen molar-refractivity contribution in [1.82, 2.24) is 14.5 Å². The molecule has 0 spiro atoms. The van der Waals surface area contributed by atoms with Crippen LogP contribution in [0.1, 0.15) is 25.0 Å². The summed E-state index contributed by atoms with van der Waals surface area (Å²) in [4.78, 5) is 10.7. The molecule has 0 atom stereocenters. The normalized spacial score (nSPS) is 13.8. The predicted molar refractivity (Wildman–Crippen MR) is 172 cm³/mol. The molecular formula is C37H25N3S. The topological polar surface area (TPSA) is 30.7 Å². The van der Waals surface area contributed by atoms with Gasteiger partial charge < -0.3 is 0 Å². The minimum absolute atomic E-state index is 0.257. The molecule has 3 nitrogen and oxygen atoms in total. The standard InChI is InChI=1S/C37H25N3S/c1-37(2)26-17-9-6-14-23(26)34-33(37)36(39-35(38-34)22-12-4-3-5-13-22)40-27-18-10-7-15-24(27)31-28(40)20-21-30-32(31)25-16-8-11-19-29(25)41-30/h3-21H,1-2H3. The van der Waals surface area contributed by atoms with Crippen molar-refractivity contribution in [3.8, 4) is 28.5 Å². The molecule has 8 aromatic rings. The van der Waals surface area contributed by atoms with E-state index >= 15 is 0 Å². The van der Waals surface area contributed by atoms with E-state index < -0.39 is 0 Å². The molecule has 0 unspecified atom stereocenters. The van der Waals surface area contributed by atoms with Crippen LogP contribution in [-0.4, -0.2) is 14.5 Å². The summed E-state index contributed by atoms with van der Waals surface area (Å²) in [6.45, 7) is 4.62. The van der Waals surface area contributed by atoms with Gasteiger partial charge in [-0.05, 0) is 29.8 Å². The number of para-hydroxylation sites is 1. The molecule has 0 saturated heterocycles. The Balaban J connectivity index is 1.48. The van der Waals surface area contributed by atoms with Crippen molar-refractivity contribution in [2.24, 2.45) is 0 Å². The van der Waals surface area contributed by atoms with Gasteiger partial charge in [-0.3, -0.25) is 4.57 Å². The smallest absolute Gasteiger partial charge is 0.162 e. The van der Waals surface area contributed by atoms with Crippen molar-refractivity contribution in [1.29, 1.82) is 0 Å². The van der Waals surface area contributed by atoms with Crippen molar-refractivity contribution >= 4 is 53.3 Å². The Morgan fingerprint density at radius 2 is 1.34 bits per heavy atom. The van der Waals surface area contributed by atoms with Crippen LogP contribution >= 0.6 is 11.3 Å². The molecule has 3 heterocycles. The van der Waals surface area contributed by atoms with Crippen molar-refractivity contribution in [3.05, 3.63) is 126 Å². The van der Waals surface area contributed by atoms with Gasteiger partial charge in [0.1, 0.15) is 5.82 Å². The molecule has 4 heteroatoms. The molecule has 1 aliphatic rings. The van der Waals surface area contributed by atoms with Crippen LogP contribution in [0.5, 0.6) is 0 Å². The van der Waals surface area contributed by atoms with Gasteiger partial charge in [-0.25, -0.2) is 9.97 Å². The fourth-order valence-corrected chi connectivity index (χ4v) is 8.08. The highest BCUT2D eigenvalue weighted by Crippen LogP contribution is 2.51. The van der Waals surface area contributed by atoms with E-state index in [1.165, 1.54) is 53.2 Å². The number of hydrogen-bond acceptors (Lipinski definition) is 3. The van der Waals surface area contributed by atoms with Crippen LogP contribution in [0, 0.1) is 0 Å². The van der Waals surface area contributed by atoms with E-state index in [9.17, 15) is 0 Å². The van der Waals surface area contributed by atoms with E-state index in [0.717, 1.165) is 28.4 Å². The van der Waals surface area contributed by atoms with E-state index in [0.29, 0.717) is 0 Å². The summed E-state index contributed by atoms with van der Waals surface area (Å²) in [5.41, 5.74) is 7.80. The van der Waals surface area contributed by atoms with Crippen LogP contribution in [0.3, 0.4) is 0 Å². The Labute approximate surface area is 241 Å². The molecule has 5 aromatic carbocycles. The van der Waals surface area contributed by atoms with Gasteiger partial charge >= 0.3 is 0 Å². The van der Waals surface area contributed by atoms with Gasteiger partial charge in [-0.2, -0.15) is 0 Å². The van der Waals surface area contributed by atoms with Crippen molar-refractivity contribution in [2.45, 2.75) is 19.3 Å². The number of nitrogens with zero attached hydrogens (tertiary/aromatic N) is 3. The Bertz CT molecular complexity index is 2340. The monoisotopic (exact) mass is 543 g/mol. The van der Waals surface area contributed by atoms with E-state index in [1.807, 2.05) is 17.4 Å². The number of hydrogen-bond donors (Lipinski definition) is 0. The van der Waals surface area contributed by atoms with Crippen molar-refractivity contribution in [2.75, 3.05) is 0 Å². The first-order valence-corrected chi connectivity index (χ1v) is 14.8. The third-order valence-electron chi connectivity index (χ3n) is 8.79. The molecule has 9 rings (SSSR count). The highest BCUT2D eigenvalue weighted by Gasteiger charge is 2.40. The Hall–Kier alpha value is -4.80. The quantitative estimate of drug-likeness (QED) is 0.217. The minimum Gasteiger partial charge on any atom is -0.293 e. The van der Waals surface area contributed by atoms with Gasteiger partial charge in [0, 0.05) is 53.1 Å². The summed E-state index contributed by atoms with van der Waals surface area (Å²) in [5.74, 6) is 1.71. The van der Waals surface area contributed by atoms with Gasteiger partial charge in [0.25, 0.3) is 0 Å². The SMILES string of the molecule is CC1(C)c2ccccc2-c2nc(-c3ccccc3)nc(-n3c4ccccc4c4c5c(ccc43)sc3ccccc35)c21. The summed E-state index contributed by atoms with van der Waals surface area (Å²) in [7, 11) is 0. The third kappa shape index (κ3) is 3.03. The summed E-state index contributed by atoms with van der Waals surface area (Å²) in [6.07, 6.45) is 0. The number of aromatic nitrogens is 3. The van der Waals surface area contributed by atoms with Crippen LogP contribution in [0.2, 0.25) is 0 Å². The van der Waals surface area contributed by atoms with Crippen LogP contribution in [0.15, 0.2) is 115 Å². The predicted octanol–water partition coefficient (Wildman–Crippen LogP) is 9.91. The molecule has 1 aliphatic carbocycles. The van der Waals surface area contributed by atoms with Gasteiger partial charge in [-0.1, -0.05) is 105 Å². The second-order valence-corrected chi connectivity index (χ2v) is 12.5. The van der Waals surface area contributed by atoms with E-state index in [1.54, 1.807) is 0 Å². The minimum atomic E-state index is -0.257. The lowest BCUT2D eigenvalue weighted by molar-refractivity contribution is 0.650. The lowest BCUT2D eigenvalue weighted by Crippen LogP contribution is -2.19. The van der Waals surface area contributed by atoms with E-state index in [2.05, 4.69) is 128 Å². The first kappa shape index (κ1) is 23.0. The Morgan fingerprint density at radius 3 is 2.22 bits per heavy atom. The molecule has 0 radical (unpaired) electrons. The zero-order valence-corrected chi connectivity index (χ0v) is 23.5. The Morgan fingerprint density at radius 1 is 0.610 bits per heavy atom. The van der Waals surface area contributed by atoms with E-state index in [4.69, 9.17) is 9.97 Å². The molecule has 194 valence electrons. The largest absolute Gasteiger partial charge is 0.293 e. The average Bonchev–Trinajstić information content (AvgIpc) is 3.63. The van der Waals surface area contributed by atoms with Crippen LogP contribution < -0.4 is 0 Å². The molecule has 41 heavy (non-hydrogen) atoms. The van der Waals surface area contributed by atoms with E-state index in [-0.39, 0.29) is 5.41 Å². The highest BCUT2D eigenvalue weighted by atomic mass is 32.1. The third-order valence-corrected chi connectivity index (χ3v) is 9.93. The summed E-state index contributed by atoms with van der Waals surface area (Å²) in [5, 5.41) is 5.18. The van der Waals surface area contributed by atoms with Crippen LogP contribution in [-0.2, 0) is 5.41 Å². The highest BCUT2D eigenvalue weighted by molar-refractivity contribution is 7.26. The number of rotatable bonds is 2. The second kappa shape index (κ2) is 8.12. The maximum atomic E-state index is 5.42. The molecule has 0 N–H and O–H groups in total. The lowest BCUT2D eigenvalue weighted by Gasteiger charge is -2.24. The van der Waals surface area contributed by atoms with Crippen LogP contribution in [0.4, 0.5) is 0 Å². The Kier molecular flexibility index (Phi) is 4.55. The zero-order valence-electron chi connectivity index (χ0n) is 22.7. The van der Waals surface area contributed by atoms with Crippen LogP contribution in [0.25, 0.3) is 70.4 Å². The fourth-order valence-electron chi connectivity index (χ4n) is 6.97. The fraction of sp³-hybridized carbons (Fsp3) is 0.0811. The molecule has 3 aromatic heterocycles. The molecule has 0 fully saturated rings. The lowest BCUT2D eigenvalue weighted by atomic mass is 9.82. The molecular weight excluding hydrogens is 518 g/mol. The van der Waals surface area contributed by atoms with Gasteiger partial charge in [-0.15, -0.1) is 11.3 Å². The van der Waals surface area contributed by atoms with Gasteiger partial charge in [0.15, 0.2) is 5.82 Å². The first-order valence-electron chi connectivity index (χ1n) is 14.0. The zero-order chi connectivity index (χ0) is 27.3. The average molecular weight is 544 g/mol. The molecule has 0 bridgehead atoms. The van der Waals surface area contributed by atoms with Gasteiger partial charge in [0.2, 0.25) is 0 Å².